The molecule has 2 heterocycles. The Morgan fingerprint density at radius 1 is 0.653 bits per heavy atom. The third kappa shape index (κ3) is 17.0. The maximum Gasteiger partial charge on any atom is 1.00 e. The summed E-state index contributed by atoms with van der Waals surface area (Å²) in [5.41, 5.74) is -2.84. The van der Waals surface area contributed by atoms with Crippen LogP contribution in [0.5, 0.6) is 0 Å². The zero-order valence-corrected chi connectivity index (χ0v) is 48.9. The number of carbonyl (C=O) groups excluding carboxylic acids is 2. The number of nitro groups is 1. The van der Waals surface area contributed by atoms with Crippen molar-refractivity contribution in [2.75, 3.05) is 16.0 Å². The van der Waals surface area contributed by atoms with Crippen LogP contribution in [0.3, 0.4) is 0 Å². The average molecular weight is 1100 g/mol. The number of nitrogens with zero attached hydrogens (tertiary/aromatic N) is 7. The number of pyridine rings is 1. The van der Waals surface area contributed by atoms with Crippen LogP contribution in [0.1, 0.15) is 28.4 Å². The van der Waals surface area contributed by atoms with Gasteiger partial charge in [0.05, 0.1) is 59.9 Å². The standard InChI is InChI=1S/C37H28N10O17S4.4Na/c1-20(48)38-29-15-24(9-12-28(29)45-44-25-8-6-21(32(16-25)67(59,60)61)4-5-22-7-10-26(47(51)52)17-33(22)68(62,63)64)39-35-41-36(43-37(42-35)46-14-2-3-23(19-46)34(49)50)40-30-18-27(65(53,54)55)11-13-31(30)66(56,57)58;;;;/h2-19H,1H3,(H7-,38,39,40,41,42,43,44,48,49,50,53,54,55,56,57,58,59,60,61,62,63,64);;;;/q;4*+1/p-4. The molecule has 3 N–H and O–H groups in total. The van der Waals surface area contributed by atoms with Gasteiger partial charge in [-0.05, 0) is 87.8 Å². The fourth-order valence-corrected chi connectivity index (χ4v) is 8.25. The SMILES string of the molecule is CC(=O)Nc1cc(Nc2nc(Nc3cc(S(=O)(=O)[O-])ccc3S(=O)(=O)[O-])nc(-[n+]3cccc(C(=O)[O-])c3)n2)ccc1N=Nc1ccc(C=Cc2ccc([N+](=O)[O-])cc2S(=O)(=O)[O-])c(S(=O)(=O)[O-])c1.[Na+].[Na+].[Na+].[Na+]. The first-order valence-corrected chi connectivity index (χ1v) is 23.7. The van der Waals surface area contributed by atoms with Crippen molar-refractivity contribution in [3.8, 4) is 5.95 Å². The van der Waals surface area contributed by atoms with Crippen LogP contribution >= 0.6 is 0 Å². The first-order valence-electron chi connectivity index (χ1n) is 18.1. The summed E-state index contributed by atoms with van der Waals surface area (Å²) < 4.78 is 145. The molecule has 0 saturated heterocycles. The van der Waals surface area contributed by atoms with Gasteiger partial charge in [-0.25, -0.2) is 38.2 Å². The van der Waals surface area contributed by atoms with E-state index in [4.69, 9.17) is 0 Å². The Kier molecular flexibility index (Phi) is 23.1. The molecule has 352 valence electrons. The Hall–Kier alpha value is -4.04. The predicted octanol–water partition coefficient (Wildman–Crippen LogP) is -9.92. The van der Waals surface area contributed by atoms with Crippen LogP contribution in [0.2, 0.25) is 0 Å². The average Bonchev–Trinajstić information content (AvgIpc) is 3.24. The maximum absolute atomic E-state index is 12.3. The number of rotatable bonds is 16. The van der Waals surface area contributed by atoms with E-state index in [0.29, 0.717) is 24.3 Å². The third-order valence-corrected chi connectivity index (χ3v) is 12.2. The van der Waals surface area contributed by atoms with E-state index in [0.717, 1.165) is 54.1 Å². The summed E-state index contributed by atoms with van der Waals surface area (Å²) in [6.07, 6.45) is 4.21. The van der Waals surface area contributed by atoms with Gasteiger partial charge in [0.1, 0.15) is 46.2 Å². The van der Waals surface area contributed by atoms with Crippen LogP contribution in [-0.4, -0.2) is 83.6 Å². The minimum Gasteiger partial charge on any atom is -0.744 e. The molecular weight excluding hydrogens is 1080 g/mol. The Balaban J connectivity index is 0.00000444. The molecule has 72 heavy (non-hydrogen) atoms. The first-order chi connectivity index (χ1) is 31.6. The number of aromatic carboxylic acids is 1. The van der Waals surface area contributed by atoms with Gasteiger partial charge >= 0.3 is 136 Å². The number of carboxylic acids is 1. The van der Waals surface area contributed by atoms with Gasteiger partial charge in [0, 0.05) is 30.3 Å². The molecular formula is C37H24N10Na4O17S4. The quantitative estimate of drug-likeness (QED) is 0.0154. The minimum absolute atomic E-state index is 0. The van der Waals surface area contributed by atoms with Crippen molar-refractivity contribution < 1.29 is 194 Å². The van der Waals surface area contributed by atoms with E-state index in [1.54, 1.807) is 0 Å². The summed E-state index contributed by atoms with van der Waals surface area (Å²) in [6.45, 7) is 1.13. The summed E-state index contributed by atoms with van der Waals surface area (Å²) >= 11 is 0. The van der Waals surface area contributed by atoms with Crippen molar-refractivity contribution in [2.24, 2.45) is 10.2 Å². The molecule has 0 atom stereocenters. The van der Waals surface area contributed by atoms with Crippen molar-refractivity contribution in [1.82, 2.24) is 15.0 Å². The van der Waals surface area contributed by atoms with Crippen LogP contribution in [0.4, 0.5) is 46.0 Å². The van der Waals surface area contributed by atoms with Crippen molar-refractivity contribution in [2.45, 2.75) is 26.5 Å². The Bertz CT molecular complexity index is 3630. The van der Waals surface area contributed by atoms with Crippen LogP contribution in [0, 0.1) is 10.1 Å². The van der Waals surface area contributed by atoms with E-state index in [1.807, 2.05) is 0 Å². The molecule has 35 heteroatoms. The van der Waals surface area contributed by atoms with E-state index >= 15 is 0 Å². The second-order valence-corrected chi connectivity index (χ2v) is 18.9. The molecule has 27 nitrogen and oxygen atoms in total. The fraction of sp³-hybridized carbons (Fsp3) is 0.0270. The molecule has 0 aliphatic heterocycles. The number of hydrogen-bond donors (Lipinski definition) is 3. The molecule has 0 spiro atoms. The molecule has 0 aliphatic carbocycles. The van der Waals surface area contributed by atoms with Gasteiger partial charge in [0.2, 0.25) is 5.91 Å². The summed E-state index contributed by atoms with van der Waals surface area (Å²) in [7, 11) is -21.1. The van der Waals surface area contributed by atoms with Crippen LogP contribution in [0.25, 0.3) is 18.1 Å². The Morgan fingerprint density at radius 2 is 1.24 bits per heavy atom. The number of anilines is 5. The van der Waals surface area contributed by atoms with Crippen molar-refractivity contribution >= 4 is 111 Å². The van der Waals surface area contributed by atoms with Crippen molar-refractivity contribution in [1.29, 1.82) is 0 Å². The van der Waals surface area contributed by atoms with Crippen molar-refractivity contribution in [3.05, 3.63) is 124 Å². The van der Waals surface area contributed by atoms with Gasteiger partial charge in [-0.1, -0.05) is 18.2 Å². The molecule has 4 aromatic carbocycles. The molecule has 0 unspecified atom stereocenters. The number of carbonyl (C=O) groups is 2. The van der Waals surface area contributed by atoms with Gasteiger partial charge < -0.3 is 44.1 Å². The van der Waals surface area contributed by atoms with E-state index in [1.165, 1.54) is 42.6 Å². The molecule has 6 aromatic rings. The molecule has 2 aromatic heterocycles. The smallest absolute Gasteiger partial charge is 0.744 e. The van der Waals surface area contributed by atoms with Gasteiger partial charge in [-0.15, -0.1) is 10.1 Å². The Morgan fingerprint density at radius 3 is 1.79 bits per heavy atom. The number of non-ortho nitro benzene ring substituents is 1. The number of benzene rings is 4. The second-order valence-electron chi connectivity index (χ2n) is 13.4. The molecule has 1 amide bonds. The molecule has 0 fully saturated rings. The fourth-order valence-electron chi connectivity index (χ4n) is 5.75. The summed E-state index contributed by atoms with van der Waals surface area (Å²) in [5, 5.41) is 38.4. The molecule has 0 bridgehead atoms. The number of nitro benzene ring substituents is 1. The van der Waals surface area contributed by atoms with E-state index in [2.05, 4.69) is 41.1 Å². The van der Waals surface area contributed by atoms with Gasteiger partial charge in [0.25, 0.3) is 5.69 Å². The number of azo groups is 1. The minimum atomic E-state index is -5.33. The first kappa shape index (κ1) is 64.1. The maximum atomic E-state index is 12.3. The Labute approximate surface area is 496 Å². The number of aromatic nitrogens is 4. The summed E-state index contributed by atoms with van der Waals surface area (Å²) in [4.78, 5) is 42.7. The number of hydrogen-bond acceptors (Lipinski definition) is 24. The second kappa shape index (κ2) is 25.9. The number of carboxylic acid groups (broad SMARTS) is 1. The summed E-state index contributed by atoms with van der Waals surface area (Å²) in [6, 6.07) is 13.4. The largest absolute Gasteiger partial charge is 1.00 e. The monoisotopic (exact) mass is 1100 g/mol. The van der Waals surface area contributed by atoms with Gasteiger partial charge in [-0.3, -0.25) is 14.9 Å². The third-order valence-electron chi connectivity index (χ3n) is 8.67. The number of amides is 1. The zero-order chi connectivity index (χ0) is 49.9. The normalized spacial score (nSPS) is 11.6. The van der Waals surface area contributed by atoms with Crippen LogP contribution < -0.4 is 144 Å². The van der Waals surface area contributed by atoms with Gasteiger partial charge in [0.15, 0.2) is 0 Å². The van der Waals surface area contributed by atoms with Crippen LogP contribution in [-0.2, 0) is 45.3 Å². The van der Waals surface area contributed by atoms with E-state index in [-0.39, 0.29) is 164 Å². The van der Waals surface area contributed by atoms with E-state index < -0.39 is 100 Å². The number of nitrogens with one attached hydrogen (secondary N) is 3. The topological polar surface area (TPSA) is 432 Å². The predicted molar refractivity (Wildman–Crippen MR) is 224 cm³/mol. The van der Waals surface area contributed by atoms with Gasteiger partial charge in [-0.2, -0.15) is 5.11 Å². The molecule has 0 radical (unpaired) electrons. The van der Waals surface area contributed by atoms with Crippen LogP contribution in [0.15, 0.2) is 127 Å². The van der Waals surface area contributed by atoms with Crippen molar-refractivity contribution in [3.63, 3.8) is 0 Å². The molecule has 0 aliphatic rings. The van der Waals surface area contributed by atoms with E-state index in [9.17, 15) is 76.7 Å². The molecule has 0 saturated carbocycles. The zero-order valence-electron chi connectivity index (χ0n) is 37.6. The summed E-state index contributed by atoms with van der Waals surface area (Å²) in [5.74, 6) is -3.64. The molecule has 6 rings (SSSR count).